The summed E-state index contributed by atoms with van der Waals surface area (Å²) in [7, 11) is 0. The van der Waals surface area contributed by atoms with E-state index in [1.165, 1.54) is 4.90 Å². The van der Waals surface area contributed by atoms with Gasteiger partial charge in [-0.25, -0.2) is 0 Å². The van der Waals surface area contributed by atoms with Gasteiger partial charge in [-0.2, -0.15) is 0 Å². The van der Waals surface area contributed by atoms with Crippen LogP contribution in [0, 0.1) is 0 Å². The van der Waals surface area contributed by atoms with Crippen molar-refractivity contribution in [2.45, 2.75) is 25.8 Å². The lowest BCUT2D eigenvalue weighted by molar-refractivity contribution is -0.130. The van der Waals surface area contributed by atoms with Gasteiger partial charge in [0.05, 0.1) is 5.69 Å². The number of ether oxygens (including phenoxy) is 1. The molecule has 0 saturated carbocycles. The first-order chi connectivity index (χ1) is 11.5. The summed E-state index contributed by atoms with van der Waals surface area (Å²) < 4.78 is 5.37. The molecular weight excluding hydrogens is 310 g/mol. The Kier molecular flexibility index (Phi) is 4.69. The molecule has 0 aliphatic carbocycles. The van der Waals surface area contributed by atoms with E-state index in [4.69, 9.17) is 4.74 Å². The number of amides is 3. The van der Waals surface area contributed by atoms with Gasteiger partial charge in [-0.1, -0.05) is 12.1 Å². The maximum atomic E-state index is 12.3. The van der Waals surface area contributed by atoms with Gasteiger partial charge in [-0.3, -0.25) is 19.3 Å². The van der Waals surface area contributed by atoms with E-state index in [2.05, 4.69) is 5.32 Å². The second kappa shape index (κ2) is 6.90. The molecule has 128 valence electrons. The fourth-order valence-corrected chi connectivity index (χ4v) is 3.08. The topological polar surface area (TPSA) is 79.0 Å². The van der Waals surface area contributed by atoms with Crippen molar-refractivity contribution in [1.82, 2.24) is 10.2 Å². The molecule has 2 aliphatic heterocycles. The van der Waals surface area contributed by atoms with E-state index in [0.717, 1.165) is 12.8 Å². The molecule has 0 radical (unpaired) electrons. The van der Waals surface area contributed by atoms with Crippen LogP contribution in [0.4, 0.5) is 5.69 Å². The summed E-state index contributed by atoms with van der Waals surface area (Å²) in [5.41, 5.74) is 0.621. The third-order valence-corrected chi connectivity index (χ3v) is 4.42. The van der Waals surface area contributed by atoms with Crippen molar-refractivity contribution < 1.29 is 19.1 Å². The maximum absolute atomic E-state index is 12.3. The molecule has 1 fully saturated rings. The van der Waals surface area contributed by atoms with Crippen LogP contribution < -0.4 is 15.0 Å². The third-order valence-electron chi connectivity index (χ3n) is 4.42. The maximum Gasteiger partial charge on any atom is 0.265 e. The van der Waals surface area contributed by atoms with Crippen molar-refractivity contribution in [3.63, 3.8) is 0 Å². The van der Waals surface area contributed by atoms with Crippen molar-refractivity contribution in [3.8, 4) is 5.75 Å². The van der Waals surface area contributed by atoms with Gasteiger partial charge in [-0.05, 0) is 25.0 Å². The SMILES string of the molecule is CC(=O)N1CCC(NC(=O)CN2C(=O)COc3ccccc32)CC1. The first kappa shape index (κ1) is 16.3. The van der Waals surface area contributed by atoms with Crippen LogP contribution in [0.5, 0.6) is 5.75 Å². The van der Waals surface area contributed by atoms with Crippen molar-refractivity contribution >= 4 is 23.4 Å². The highest BCUT2D eigenvalue weighted by Crippen LogP contribution is 2.31. The molecule has 7 heteroatoms. The minimum atomic E-state index is -0.227. The summed E-state index contributed by atoms with van der Waals surface area (Å²) in [5.74, 6) is 0.256. The number of nitrogens with zero attached hydrogens (tertiary/aromatic N) is 2. The number of hydrogen-bond acceptors (Lipinski definition) is 4. The minimum absolute atomic E-state index is 0.0217. The second-order valence-corrected chi connectivity index (χ2v) is 6.08. The zero-order chi connectivity index (χ0) is 17.1. The Morgan fingerprint density at radius 3 is 2.67 bits per heavy atom. The first-order valence-electron chi connectivity index (χ1n) is 8.11. The standard InChI is InChI=1S/C17H21N3O4/c1-12(21)19-8-6-13(7-9-19)18-16(22)10-20-14-4-2-3-5-15(14)24-11-17(20)23/h2-5,13H,6-11H2,1H3,(H,18,22). The van der Waals surface area contributed by atoms with Crippen molar-refractivity contribution in [1.29, 1.82) is 0 Å². The molecule has 3 rings (SSSR count). The van der Waals surface area contributed by atoms with Crippen LogP contribution in [0.3, 0.4) is 0 Å². The van der Waals surface area contributed by atoms with Gasteiger partial charge in [-0.15, -0.1) is 0 Å². The number of likely N-dealkylation sites (tertiary alicyclic amines) is 1. The third kappa shape index (κ3) is 3.50. The Balaban J connectivity index is 1.58. The molecule has 2 aliphatic rings. The number of anilines is 1. The van der Waals surface area contributed by atoms with Crippen LogP contribution >= 0.6 is 0 Å². The largest absolute Gasteiger partial charge is 0.482 e. The molecule has 1 aromatic carbocycles. The highest BCUT2D eigenvalue weighted by Gasteiger charge is 2.28. The summed E-state index contributed by atoms with van der Waals surface area (Å²) in [6.45, 7) is 2.78. The van der Waals surface area contributed by atoms with Crippen LogP contribution in [0.25, 0.3) is 0 Å². The molecule has 2 heterocycles. The fourth-order valence-electron chi connectivity index (χ4n) is 3.08. The van der Waals surface area contributed by atoms with Crippen molar-refractivity contribution in [2.75, 3.05) is 31.1 Å². The number of nitrogens with one attached hydrogen (secondary N) is 1. The lowest BCUT2D eigenvalue weighted by Gasteiger charge is -2.33. The van der Waals surface area contributed by atoms with Crippen LogP contribution in [-0.2, 0) is 14.4 Å². The smallest absolute Gasteiger partial charge is 0.265 e. The average Bonchev–Trinajstić information content (AvgIpc) is 2.58. The van der Waals surface area contributed by atoms with Gasteiger partial charge in [0.2, 0.25) is 11.8 Å². The van der Waals surface area contributed by atoms with E-state index < -0.39 is 0 Å². The fraction of sp³-hybridized carbons (Fsp3) is 0.471. The number of carbonyl (C=O) groups excluding carboxylic acids is 3. The Morgan fingerprint density at radius 2 is 1.96 bits per heavy atom. The van der Waals surface area contributed by atoms with Crippen molar-refractivity contribution in [2.24, 2.45) is 0 Å². The summed E-state index contributed by atoms with van der Waals surface area (Å²) in [6, 6.07) is 7.23. The number of hydrogen-bond donors (Lipinski definition) is 1. The number of para-hydroxylation sites is 2. The zero-order valence-corrected chi connectivity index (χ0v) is 13.7. The highest BCUT2D eigenvalue weighted by atomic mass is 16.5. The van der Waals surface area contributed by atoms with E-state index in [9.17, 15) is 14.4 Å². The summed E-state index contributed by atoms with van der Waals surface area (Å²) in [6.07, 6.45) is 1.47. The van der Waals surface area contributed by atoms with Gasteiger partial charge in [0.15, 0.2) is 6.61 Å². The van der Waals surface area contributed by atoms with E-state index in [1.54, 1.807) is 24.0 Å². The molecule has 3 amide bonds. The van der Waals surface area contributed by atoms with E-state index >= 15 is 0 Å². The Bertz CT molecular complexity index is 653. The van der Waals surface area contributed by atoms with E-state index in [-0.39, 0.29) is 36.9 Å². The predicted molar refractivity (Wildman–Crippen MR) is 87.7 cm³/mol. The Hall–Kier alpha value is -2.57. The van der Waals surface area contributed by atoms with Crippen LogP contribution in [-0.4, -0.2) is 54.9 Å². The number of benzene rings is 1. The zero-order valence-electron chi connectivity index (χ0n) is 13.7. The van der Waals surface area contributed by atoms with Gasteiger partial charge in [0, 0.05) is 26.1 Å². The molecule has 1 N–H and O–H groups in total. The number of carbonyl (C=O) groups is 3. The van der Waals surface area contributed by atoms with Gasteiger partial charge >= 0.3 is 0 Å². The lowest BCUT2D eigenvalue weighted by Crippen LogP contribution is -2.50. The van der Waals surface area contributed by atoms with Gasteiger partial charge in [0.25, 0.3) is 5.91 Å². The lowest BCUT2D eigenvalue weighted by atomic mass is 10.0. The second-order valence-electron chi connectivity index (χ2n) is 6.08. The average molecular weight is 331 g/mol. The Labute approximate surface area is 140 Å². The summed E-state index contributed by atoms with van der Waals surface area (Å²) >= 11 is 0. The number of fused-ring (bicyclic) bond motifs is 1. The summed E-state index contributed by atoms with van der Waals surface area (Å²) in [5, 5.41) is 2.97. The minimum Gasteiger partial charge on any atom is -0.482 e. The summed E-state index contributed by atoms with van der Waals surface area (Å²) in [4.78, 5) is 39.0. The quantitative estimate of drug-likeness (QED) is 0.877. The first-order valence-corrected chi connectivity index (χ1v) is 8.11. The van der Waals surface area contributed by atoms with E-state index in [0.29, 0.717) is 24.5 Å². The molecule has 1 saturated heterocycles. The monoisotopic (exact) mass is 331 g/mol. The van der Waals surface area contributed by atoms with Gasteiger partial charge in [0.1, 0.15) is 12.3 Å². The number of piperidine rings is 1. The molecule has 0 bridgehead atoms. The van der Waals surface area contributed by atoms with Crippen LogP contribution in [0.2, 0.25) is 0 Å². The Morgan fingerprint density at radius 1 is 1.25 bits per heavy atom. The predicted octanol–water partition coefficient (Wildman–Crippen LogP) is 0.539. The molecular formula is C17H21N3O4. The molecule has 0 spiro atoms. The molecule has 24 heavy (non-hydrogen) atoms. The number of rotatable bonds is 3. The van der Waals surface area contributed by atoms with E-state index in [1.807, 2.05) is 12.1 Å². The molecule has 0 aromatic heterocycles. The molecule has 0 unspecified atom stereocenters. The molecule has 7 nitrogen and oxygen atoms in total. The van der Waals surface area contributed by atoms with Crippen LogP contribution in [0.1, 0.15) is 19.8 Å². The molecule has 0 atom stereocenters. The van der Waals surface area contributed by atoms with Crippen molar-refractivity contribution in [3.05, 3.63) is 24.3 Å². The van der Waals surface area contributed by atoms with Gasteiger partial charge < -0.3 is 15.0 Å². The normalized spacial score (nSPS) is 18.0. The van der Waals surface area contributed by atoms with Crippen LogP contribution in [0.15, 0.2) is 24.3 Å². The molecule has 1 aromatic rings. The highest BCUT2D eigenvalue weighted by molar-refractivity contribution is 6.02.